The maximum atomic E-state index is 12.7. The second kappa shape index (κ2) is 8.38. The van der Waals surface area contributed by atoms with E-state index in [1.165, 1.54) is 14.2 Å². The van der Waals surface area contributed by atoms with Gasteiger partial charge in [-0.1, -0.05) is 0 Å². The second-order valence-electron chi connectivity index (χ2n) is 6.72. The summed E-state index contributed by atoms with van der Waals surface area (Å²) in [6.07, 6.45) is 1.37. The predicted octanol–water partition coefficient (Wildman–Crippen LogP) is 1.52. The van der Waals surface area contributed by atoms with Crippen LogP contribution < -0.4 is 29.2 Å². The number of aromatic nitrogens is 3. The summed E-state index contributed by atoms with van der Waals surface area (Å²) >= 11 is 0. The summed E-state index contributed by atoms with van der Waals surface area (Å²) < 4.78 is 21.3. The van der Waals surface area contributed by atoms with E-state index in [0.717, 1.165) is 0 Å². The molecule has 1 aromatic carbocycles. The van der Waals surface area contributed by atoms with Crippen molar-refractivity contribution in [3.8, 4) is 23.5 Å². The Labute approximate surface area is 168 Å². The lowest BCUT2D eigenvalue weighted by Crippen LogP contribution is -2.39. The van der Waals surface area contributed by atoms with E-state index in [2.05, 4.69) is 20.3 Å². The zero-order valence-corrected chi connectivity index (χ0v) is 16.4. The van der Waals surface area contributed by atoms with Crippen LogP contribution in [0.4, 0.5) is 11.6 Å². The summed E-state index contributed by atoms with van der Waals surface area (Å²) in [4.78, 5) is 27.3. The van der Waals surface area contributed by atoms with Crippen LogP contribution in [0.2, 0.25) is 0 Å². The number of carbonyl (C=O) groups excluding carboxylic acids is 1. The fourth-order valence-electron chi connectivity index (χ4n) is 3.36. The summed E-state index contributed by atoms with van der Waals surface area (Å²) in [6, 6.07) is 5.83. The van der Waals surface area contributed by atoms with E-state index in [9.17, 15) is 4.79 Å². The lowest BCUT2D eigenvalue weighted by molar-refractivity contribution is -0.120. The van der Waals surface area contributed by atoms with Gasteiger partial charge in [0.05, 0.1) is 14.2 Å². The number of fused-ring (bicyclic) bond motifs is 1. The smallest absolute Gasteiger partial charge is 0.324 e. The van der Waals surface area contributed by atoms with Crippen LogP contribution in [0, 0.1) is 5.92 Å². The number of rotatable bonds is 5. The van der Waals surface area contributed by atoms with Crippen LogP contribution >= 0.6 is 0 Å². The number of carbonyl (C=O) groups is 1. The van der Waals surface area contributed by atoms with Crippen molar-refractivity contribution in [3.05, 3.63) is 18.2 Å². The van der Waals surface area contributed by atoms with Crippen molar-refractivity contribution >= 4 is 17.5 Å². The summed E-state index contributed by atoms with van der Waals surface area (Å²) in [5.74, 6) is 1.74. The Hall–Kier alpha value is -3.30. The highest BCUT2D eigenvalue weighted by molar-refractivity contribution is 5.93. The Morgan fingerprint density at radius 3 is 2.34 bits per heavy atom. The van der Waals surface area contributed by atoms with Gasteiger partial charge in [-0.05, 0) is 25.0 Å². The second-order valence-corrected chi connectivity index (χ2v) is 6.72. The van der Waals surface area contributed by atoms with Crippen LogP contribution in [0.1, 0.15) is 12.8 Å². The van der Waals surface area contributed by atoms with Crippen molar-refractivity contribution in [3.63, 3.8) is 0 Å². The minimum Gasteiger partial charge on any atom is -0.486 e. The maximum Gasteiger partial charge on any atom is 0.324 e. The normalized spacial score (nSPS) is 16.3. The molecule has 10 heteroatoms. The van der Waals surface area contributed by atoms with Gasteiger partial charge < -0.3 is 29.2 Å². The molecule has 10 nitrogen and oxygen atoms in total. The molecule has 0 radical (unpaired) electrons. The van der Waals surface area contributed by atoms with Crippen molar-refractivity contribution in [2.24, 2.45) is 5.92 Å². The van der Waals surface area contributed by atoms with E-state index < -0.39 is 0 Å². The van der Waals surface area contributed by atoms with Gasteiger partial charge in [0.2, 0.25) is 11.9 Å². The molecule has 1 aromatic heterocycles. The van der Waals surface area contributed by atoms with Gasteiger partial charge >= 0.3 is 12.0 Å². The van der Waals surface area contributed by atoms with Crippen molar-refractivity contribution in [1.82, 2.24) is 15.0 Å². The number of methoxy groups -OCH3 is 2. The van der Waals surface area contributed by atoms with Crippen LogP contribution in [0.5, 0.6) is 23.5 Å². The average molecular weight is 401 g/mol. The van der Waals surface area contributed by atoms with E-state index in [4.69, 9.17) is 18.9 Å². The van der Waals surface area contributed by atoms with Crippen LogP contribution in [0.25, 0.3) is 0 Å². The van der Waals surface area contributed by atoms with Gasteiger partial charge in [-0.2, -0.15) is 9.97 Å². The molecule has 1 amide bonds. The molecule has 2 aliphatic heterocycles. The molecule has 0 spiro atoms. The van der Waals surface area contributed by atoms with Crippen molar-refractivity contribution in [1.29, 1.82) is 0 Å². The van der Waals surface area contributed by atoms with E-state index >= 15 is 0 Å². The van der Waals surface area contributed by atoms with E-state index in [1.54, 1.807) is 6.07 Å². The third-order valence-corrected chi connectivity index (χ3v) is 4.91. The molecule has 4 rings (SSSR count). The zero-order chi connectivity index (χ0) is 20.2. The first-order valence-electron chi connectivity index (χ1n) is 9.46. The molecule has 2 aliphatic rings. The Morgan fingerprint density at radius 2 is 1.69 bits per heavy atom. The Bertz CT molecular complexity index is 863. The van der Waals surface area contributed by atoms with Crippen LogP contribution in [-0.4, -0.2) is 61.4 Å². The lowest BCUT2D eigenvalue weighted by atomic mass is 9.96. The molecule has 1 saturated heterocycles. The first kappa shape index (κ1) is 19.0. The average Bonchev–Trinajstić information content (AvgIpc) is 2.78. The monoisotopic (exact) mass is 401 g/mol. The fraction of sp³-hybridized carbons (Fsp3) is 0.474. The molecular weight excluding hydrogens is 378 g/mol. The van der Waals surface area contributed by atoms with Crippen LogP contribution in [-0.2, 0) is 4.79 Å². The van der Waals surface area contributed by atoms with Crippen LogP contribution in [0.3, 0.4) is 0 Å². The number of amides is 1. The first-order chi connectivity index (χ1) is 14.2. The molecule has 3 heterocycles. The highest BCUT2D eigenvalue weighted by atomic mass is 16.6. The largest absolute Gasteiger partial charge is 0.486 e. The molecule has 0 saturated carbocycles. The lowest BCUT2D eigenvalue weighted by Gasteiger charge is -2.31. The van der Waals surface area contributed by atoms with Crippen molar-refractivity contribution < 1.29 is 23.7 Å². The molecule has 0 bridgehead atoms. The molecule has 1 fully saturated rings. The van der Waals surface area contributed by atoms with Crippen LogP contribution in [0.15, 0.2) is 18.2 Å². The topological polar surface area (TPSA) is 108 Å². The first-order valence-corrected chi connectivity index (χ1v) is 9.46. The molecule has 0 aliphatic carbocycles. The number of hydrogen-bond acceptors (Lipinski definition) is 9. The molecule has 29 heavy (non-hydrogen) atoms. The third-order valence-electron chi connectivity index (χ3n) is 4.91. The fourth-order valence-corrected chi connectivity index (χ4v) is 3.36. The summed E-state index contributed by atoms with van der Waals surface area (Å²) in [5, 5.41) is 2.98. The number of benzene rings is 1. The molecule has 0 atom stereocenters. The summed E-state index contributed by atoms with van der Waals surface area (Å²) in [7, 11) is 2.99. The van der Waals surface area contributed by atoms with Gasteiger partial charge in [0.15, 0.2) is 11.5 Å². The quantitative estimate of drug-likeness (QED) is 0.797. The van der Waals surface area contributed by atoms with Gasteiger partial charge in [-0.3, -0.25) is 4.79 Å². The van der Waals surface area contributed by atoms with Gasteiger partial charge in [-0.15, -0.1) is 4.98 Å². The van der Waals surface area contributed by atoms with E-state index in [0.29, 0.717) is 62.3 Å². The zero-order valence-electron chi connectivity index (χ0n) is 16.4. The van der Waals surface area contributed by atoms with Gasteiger partial charge in [0.25, 0.3) is 0 Å². The van der Waals surface area contributed by atoms with Gasteiger partial charge in [0.1, 0.15) is 13.2 Å². The predicted molar refractivity (Wildman–Crippen MR) is 104 cm³/mol. The SMILES string of the molecule is COc1nc(OC)nc(N2CCC(C(=O)Nc3ccc4c(c3)OCCO4)CC2)n1. The highest BCUT2D eigenvalue weighted by Gasteiger charge is 2.27. The number of piperidine rings is 1. The Morgan fingerprint density at radius 1 is 1.03 bits per heavy atom. The number of anilines is 2. The van der Waals surface area contributed by atoms with Crippen molar-refractivity contribution in [2.75, 3.05) is 50.7 Å². The summed E-state index contributed by atoms with van der Waals surface area (Å²) in [5.41, 5.74) is 0.702. The minimum atomic E-state index is -0.0925. The molecular formula is C19H23N5O5. The Balaban J connectivity index is 1.36. The van der Waals surface area contributed by atoms with E-state index in [1.807, 2.05) is 17.0 Å². The maximum absolute atomic E-state index is 12.7. The highest BCUT2D eigenvalue weighted by Crippen LogP contribution is 2.33. The minimum absolute atomic E-state index is 0.00728. The summed E-state index contributed by atoms with van der Waals surface area (Å²) in [6.45, 7) is 2.34. The molecule has 1 N–H and O–H groups in total. The number of hydrogen-bond donors (Lipinski definition) is 1. The number of nitrogens with one attached hydrogen (secondary N) is 1. The molecule has 2 aromatic rings. The Kier molecular flexibility index (Phi) is 5.50. The van der Waals surface area contributed by atoms with Gasteiger partial charge in [0, 0.05) is 30.8 Å². The number of nitrogens with zero attached hydrogens (tertiary/aromatic N) is 4. The van der Waals surface area contributed by atoms with Crippen molar-refractivity contribution in [2.45, 2.75) is 12.8 Å². The molecule has 0 unspecified atom stereocenters. The van der Waals surface area contributed by atoms with Gasteiger partial charge in [-0.25, -0.2) is 0 Å². The third kappa shape index (κ3) is 4.25. The van der Waals surface area contributed by atoms with E-state index in [-0.39, 0.29) is 23.8 Å². The standard InChI is InChI=1S/C19H23N5O5/c1-26-18-21-17(22-19(23-18)27-2)24-7-5-12(6-8-24)16(25)20-13-3-4-14-15(11-13)29-10-9-28-14/h3-4,11-12H,5-10H2,1-2H3,(H,20,25). The molecule has 154 valence electrons. The number of ether oxygens (including phenoxy) is 4.